The van der Waals surface area contributed by atoms with Crippen LogP contribution in [0.2, 0.25) is 0 Å². The Morgan fingerprint density at radius 2 is 1.85 bits per heavy atom. The van der Waals surface area contributed by atoms with Crippen molar-refractivity contribution < 1.29 is 9.59 Å². The molecule has 0 aliphatic carbocycles. The fraction of sp³-hybridized carbons (Fsp3) is 0.333. The molecule has 1 aliphatic rings. The second-order valence-corrected chi connectivity index (χ2v) is 7.72. The summed E-state index contributed by atoms with van der Waals surface area (Å²) in [5, 5.41) is 2.94. The number of nitrogens with zero attached hydrogens (tertiary/aromatic N) is 1. The van der Waals surface area contributed by atoms with Gasteiger partial charge in [-0.1, -0.05) is 41.9 Å². The van der Waals surface area contributed by atoms with E-state index >= 15 is 0 Å². The number of anilines is 2. The summed E-state index contributed by atoms with van der Waals surface area (Å²) in [4.78, 5) is 26.6. The van der Waals surface area contributed by atoms with Gasteiger partial charge in [-0.15, -0.1) is 0 Å². The number of nitrogens with one attached hydrogen (secondary N) is 1. The number of amides is 2. The first kappa shape index (κ1) is 18.6. The van der Waals surface area contributed by atoms with Gasteiger partial charge in [0.2, 0.25) is 11.8 Å². The Labute approximate surface area is 162 Å². The van der Waals surface area contributed by atoms with Gasteiger partial charge in [-0.25, -0.2) is 0 Å². The minimum atomic E-state index is -0.333. The van der Waals surface area contributed by atoms with Gasteiger partial charge in [0, 0.05) is 28.8 Å². The molecular formula is C21H23BrN2O2. The van der Waals surface area contributed by atoms with E-state index in [9.17, 15) is 9.59 Å². The summed E-state index contributed by atoms with van der Waals surface area (Å²) < 4.78 is 0.961. The smallest absolute Gasteiger partial charge is 0.229 e. The second-order valence-electron chi connectivity index (χ2n) is 6.80. The van der Waals surface area contributed by atoms with Crippen LogP contribution in [-0.4, -0.2) is 18.4 Å². The van der Waals surface area contributed by atoms with Crippen LogP contribution in [0.25, 0.3) is 0 Å². The molecule has 26 heavy (non-hydrogen) atoms. The minimum absolute atomic E-state index is 0.0143. The van der Waals surface area contributed by atoms with Crippen molar-refractivity contribution in [3.8, 4) is 0 Å². The molecule has 0 spiro atoms. The molecule has 3 rings (SSSR count). The van der Waals surface area contributed by atoms with Crippen molar-refractivity contribution in [2.45, 2.75) is 32.6 Å². The molecule has 0 bridgehead atoms. The van der Waals surface area contributed by atoms with Crippen molar-refractivity contribution in [1.82, 2.24) is 0 Å². The van der Waals surface area contributed by atoms with Crippen LogP contribution in [0.15, 0.2) is 53.0 Å². The van der Waals surface area contributed by atoms with Crippen LogP contribution < -0.4 is 10.2 Å². The maximum Gasteiger partial charge on any atom is 0.229 e. The molecule has 1 N–H and O–H groups in total. The van der Waals surface area contributed by atoms with Crippen LogP contribution in [0.4, 0.5) is 11.4 Å². The van der Waals surface area contributed by atoms with Gasteiger partial charge in [0.15, 0.2) is 0 Å². The van der Waals surface area contributed by atoms with Crippen molar-refractivity contribution in [3.05, 3.63) is 58.6 Å². The molecule has 2 aromatic rings. The second kappa shape index (κ2) is 8.04. The Balaban J connectivity index is 1.63. The zero-order chi connectivity index (χ0) is 18.7. The lowest BCUT2D eigenvalue weighted by atomic mass is 9.98. The lowest BCUT2D eigenvalue weighted by Crippen LogP contribution is -2.28. The maximum absolute atomic E-state index is 12.6. The van der Waals surface area contributed by atoms with Crippen LogP contribution in [0, 0.1) is 5.92 Å². The third-order valence-corrected chi connectivity index (χ3v) is 5.52. The first-order valence-corrected chi connectivity index (χ1v) is 9.74. The SMILES string of the molecule is CC[C@H](C)c1ccc(NC(=O)[C@H]2CC(=O)N(c3ccc(Br)cc3)C2)cc1. The Bertz CT molecular complexity index is 787. The quantitative estimate of drug-likeness (QED) is 0.751. The molecule has 5 heteroatoms. The van der Waals surface area contributed by atoms with E-state index in [1.807, 2.05) is 36.4 Å². The van der Waals surface area contributed by atoms with E-state index in [1.54, 1.807) is 4.90 Å². The Morgan fingerprint density at radius 1 is 1.19 bits per heavy atom. The van der Waals surface area contributed by atoms with Gasteiger partial charge >= 0.3 is 0 Å². The van der Waals surface area contributed by atoms with E-state index in [0.29, 0.717) is 12.5 Å². The molecule has 0 saturated carbocycles. The molecule has 1 fully saturated rings. The monoisotopic (exact) mass is 414 g/mol. The Morgan fingerprint density at radius 3 is 2.46 bits per heavy atom. The molecule has 2 aromatic carbocycles. The van der Waals surface area contributed by atoms with Crippen LogP contribution in [0.1, 0.15) is 38.2 Å². The van der Waals surface area contributed by atoms with Gasteiger partial charge in [-0.3, -0.25) is 9.59 Å². The number of halogens is 1. The molecule has 2 amide bonds. The standard InChI is InChI=1S/C21H23BrN2O2/c1-3-14(2)15-4-8-18(9-5-15)23-21(26)16-12-20(25)24(13-16)19-10-6-17(22)7-11-19/h4-11,14,16H,3,12-13H2,1-2H3,(H,23,26)/t14-,16-/m0/s1. The summed E-state index contributed by atoms with van der Waals surface area (Å²) in [5.74, 6) is 0.0564. The Hall–Kier alpha value is -2.14. The summed E-state index contributed by atoms with van der Waals surface area (Å²) >= 11 is 3.39. The van der Waals surface area contributed by atoms with Crippen molar-refractivity contribution in [1.29, 1.82) is 0 Å². The van der Waals surface area contributed by atoms with Crippen LogP contribution in [0.3, 0.4) is 0 Å². The molecule has 0 radical (unpaired) electrons. The number of rotatable bonds is 5. The van der Waals surface area contributed by atoms with Crippen molar-refractivity contribution >= 4 is 39.1 Å². The first-order chi connectivity index (χ1) is 12.5. The van der Waals surface area contributed by atoms with Gasteiger partial charge in [0.25, 0.3) is 0 Å². The number of hydrogen-bond donors (Lipinski definition) is 1. The van der Waals surface area contributed by atoms with Crippen LogP contribution >= 0.6 is 15.9 Å². The van der Waals surface area contributed by atoms with E-state index in [-0.39, 0.29) is 24.2 Å². The average molecular weight is 415 g/mol. The maximum atomic E-state index is 12.6. The summed E-state index contributed by atoms with van der Waals surface area (Å²) in [6.07, 6.45) is 1.33. The fourth-order valence-corrected chi connectivity index (χ4v) is 3.39. The van der Waals surface area contributed by atoms with E-state index in [2.05, 4.69) is 47.2 Å². The predicted octanol–water partition coefficient (Wildman–Crippen LogP) is 4.95. The van der Waals surface area contributed by atoms with E-state index in [4.69, 9.17) is 0 Å². The molecule has 136 valence electrons. The summed E-state index contributed by atoms with van der Waals surface area (Å²) in [6.45, 7) is 4.76. The molecule has 0 unspecified atom stereocenters. The lowest BCUT2D eigenvalue weighted by molar-refractivity contribution is -0.122. The van der Waals surface area contributed by atoms with Gasteiger partial charge in [0.1, 0.15) is 0 Å². The molecule has 1 saturated heterocycles. The largest absolute Gasteiger partial charge is 0.326 e. The molecule has 0 aromatic heterocycles. The summed E-state index contributed by atoms with van der Waals surface area (Å²) in [5.41, 5.74) is 2.87. The van der Waals surface area contributed by atoms with Crippen molar-refractivity contribution in [3.63, 3.8) is 0 Å². The van der Waals surface area contributed by atoms with Gasteiger partial charge < -0.3 is 10.2 Å². The van der Waals surface area contributed by atoms with E-state index in [1.165, 1.54) is 5.56 Å². The highest BCUT2D eigenvalue weighted by molar-refractivity contribution is 9.10. The van der Waals surface area contributed by atoms with Crippen molar-refractivity contribution in [2.75, 3.05) is 16.8 Å². The minimum Gasteiger partial charge on any atom is -0.326 e. The summed E-state index contributed by atoms with van der Waals surface area (Å²) in [7, 11) is 0. The zero-order valence-electron chi connectivity index (χ0n) is 15.0. The van der Waals surface area contributed by atoms with Gasteiger partial charge in [0.05, 0.1) is 5.92 Å². The molecule has 1 heterocycles. The lowest BCUT2D eigenvalue weighted by Gasteiger charge is -2.17. The van der Waals surface area contributed by atoms with Gasteiger partial charge in [-0.2, -0.15) is 0 Å². The molecule has 4 nitrogen and oxygen atoms in total. The third kappa shape index (κ3) is 4.15. The highest BCUT2D eigenvalue weighted by Gasteiger charge is 2.35. The molecule has 1 aliphatic heterocycles. The number of carbonyl (C=O) groups excluding carboxylic acids is 2. The zero-order valence-corrected chi connectivity index (χ0v) is 16.6. The highest BCUT2D eigenvalue weighted by Crippen LogP contribution is 2.27. The van der Waals surface area contributed by atoms with Crippen molar-refractivity contribution in [2.24, 2.45) is 5.92 Å². The average Bonchev–Trinajstić information content (AvgIpc) is 3.04. The normalized spacial score (nSPS) is 18.0. The fourth-order valence-electron chi connectivity index (χ4n) is 3.13. The van der Waals surface area contributed by atoms with E-state index in [0.717, 1.165) is 22.3 Å². The topological polar surface area (TPSA) is 49.4 Å². The number of benzene rings is 2. The number of hydrogen-bond acceptors (Lipinski definition) is 2. The summed E-state index contributed by atoms with van der Waals surface area (Å²) in [6, 6.07) is 15.5. The number of carbonyl (C=O) groups is 2. The predicted molar refractivity (Wildman–Crippen MR) is 108 cm³/mol. The molecular weight excluding hydrogens is 392 g/mol. The molecule has 2 atom stereocenters. The Kier molecular flexibility index (Phi) is 5.77. The van der Waals surface area contributed by atoms with Crippen LogP contribution in [-0.2, 0) is 9.59 Å². The van der Waals surface area contributed by atoms with Crippen LogP contribution in [0.5, 0.6) is 0 Å². The third-order valence-electron chi connectivity index (χ3n) is 4.99. The van der Waals surface area contributed by atoms with Gasteiger partial charge in [-0.05, 0) is 54.3 Å². The van der Waals surface area contributed by atoms with E-state index < -0.39 is 0 Å². The first-order valence-electron chi connectivity index (χ1n) is 8.94. The highest BCUT2D eigenvalue weighted by atomic mass is 79.9.